The molecule has 0 saturated heterocycles. The van der Waals surface area contributed by atoms with Crippen molar-refractivity contribution in [1.29, 1.82) is 0 Å². The van der Waals surface area contributed by atoms with Crippen molar-refractivity contribution in [1.82, 2.24) is 0 Å². The molecule has 7 heteroatoms. The lowest BCUT2D eigenvalue weighted by Gasteiger charge is -2.08. The summed E-state index contributed by atoms with van der Waals surface area (Å²) in [5.41, 5.74) is 1.32. The normalized spacial score (nSPS) is 10.8. The Morgan fingerprint density at radius 2 is 1.87 bits per heavy atom. The Morgan fingerprint density at radius 3 is 2.48 bits per heavy atom. The molecule has 2 aromatic rings. The molecular formula is C16H12N2O5-2. The van der Waals surface area contributed by atoms with Gasteiger partial charge in [-0.05, 0) is 36.1 Å². The van der Waals surface area contributed by atoms with Gasteiger partial charge in [0.25, 0.3) is 5.69 Å². The topological polar surface area (TPSA) is 119 Å². The average Bonchev–Trinajstić information content (AvgIpc) is 2.53. The van der Waals surface area contributed by atoms with E-state index in [1.165, 1.54) is 12.3 Å². The Hall–Kier alpha value is -3.22. The monoisotopic (exact) mass is 312 g/mol. The van der Waals surface area contributed by atoms with Gasteiger partial charge in [0.2, 0.25) is 0 Å². The maximum Gasteiger partial charge on any atom is 0.270 e. The number of aliphatic imine (C=N–C) groups is 1. The highest BCUT2D eigenvalue weighted by atomic mass is 16.6. The Labute approximate surface area is 131 Å². The van der Waals surface area contributed by atoms with E-state index in [2.05, 4.69) is 4.99 Å². The lowest BCUT2D eigenvalue weighted by molar-refractivity contribution is -0.385. The number of carboxylic acid groups (broad SMARTS) is 1. The van der Waals surface area contributed by atoms with E-state index < -0.39 is 10.9 Å². The summed E-state index contributed by atoms with van der Waals surface area (Å²) in [5, 5.41) is 32.7. The number of non-ortho nitro benzene ring substituents is 1. The Bertz CT molecular complexity index is 754. The molecule has 0 fully saturated rings. The molecule has 0 aliphatic heterocycles. The second-order valence-corrected chi connectivity index (χ2v) is 4.78. The van der Waals surface area contributed by atoms with Crippen molar-refractivity contribution in [3.8, 4) is 5.75 Å². The molecule has 0 aliphatic rings. The van der Waals surface area contributed by atoms with Gasteiger partial charge in [0.15, 0.2) is 0 Å². The number of hydrogen-bond donors (Lipinski definition) is 0. The van der Waals surface area contributed by atoms with Crippen LogP contribution < -0.4 is 10.2 Å². The number of carboxylic acids is 1. The van der Waals surface area contributed by atoms with Crippen LogP contribution in [0.4, 0.5) is 11.4 Å². The second kappa shape index (κ2) is 7.17. The van der Waals surface area contributed by atoms with Crippen LogP contribution in [0.15, 0.2) is 47.5 Å². The number of nitro groups is 1. The highest BCUT2D eigenvalue weighted by Crippen LogP contribution is 2.20. The van der Waals surface area contributed by atoms with E-state index in [1.54, 1.807) is 24.3 Å². The number of nitro benzene ring substituents is 1. The third-order valence-corrected chi connectivity index (χ3v) is 3.11. The predicted molar refractivity (Wildman–Crippen MR) is 79.6 cm³/mol. The largest absolute Gasteiger partial charge is 0.872 e. The lowest BCUT2D eigenvalue weighted by atomic mass is 10.1. The van der Waals surface area contributed by atoms with Gasteiger partial charge in [0.1, 0.15) is 0 Å². The lowest BCUT2D eigenvalue weighted by Crippen LogP contribution is -2.22. The van der Waals surface area contributed by atoms with E-state index >= 15 is 0 Å². The molecule has 7 nitrogen and oxygen atoms in total. The summed E-state index contributed by atoms with van der Waals surface area (Å²) < 4.78 is 0. The van der Waals surface area contributed by atoms with Gasteiger partial charge in [-0.15, -0.1) is 0 Å². The number of benzene rings is 2. The summed E-state index contributed by atoms with van der Waals surface area (Å²) in [6, 6.07) is 10.2. The van der Waals surface area contributed by atoms with Crippen molar-refractivity contribution in [3.05, 3.63) is 63.7 Å². The van der Waals surface area contributed by atoms with Crippen LogP contribution in [0.1, 0.15) is 17.5 Å². The molecule has 0 radical (unpaired) electrons. The zero-order valence-corrected chi connectivity index (χ0v) is 12.0. The number of rotatable bonds is 6. The minimum atomic E-state index is -1.11. The van der Waals surface area contributed by atoms with Gasteiger partial charge in [0.05, 0.1) is 10.6 Å². The summed E-state index contributed by atoms with van der Waals surface area (Å²) in [6.45, 7) is 0. The maximum absolute atomic E-state index is 11.6. The fraction of sp³-hybridized carbons (Fsp3) is 0.125. The zero-order chi connectivity index (χ0) is 16.8. The van der Waals surface area contributed by atoms with E-state index in [0.717, 1.165) is 17.7 Å². The zero-order valence-electron chi connectivity index (χ0n) is 12.0. The highest BCUT2D eigenvalue weighted by Gasteiger charge is 2.05. The van der Waals surface area contributed by atoms with Crippen molar-refractivity contribution in [3.63, 3.8) is 0 Å². The molecule has 0 heterocycles. The first-order valence-corrected chi connectivity index (χ1v) is 6.74. The molecule has 0 bridgehead atoms. The minimum Gasteiger partial charge on any atom is -0.872 e. The molecule has 0 spiro atoms. The SMILES string of the molecule is O=C([O-])CCc1ccc(N=Cc2cc([N+](=O)[O-])ccc2[O-])cc1. The first-order valence-electron chi connectivity index (χ1n) is 6.74. The molecule has 0 saturated carbocycles. The molecule has 118 valence electrons. The van der Waals surface area contributed by atoms with Gasteiger partial charge < -0.3 is 15.0 Å². The Balaban J connectivity index is 2.12. The van der Waals surface area contributed by atoms with Crippen molar-refractivity contribution >= 4 is 23.6 Å². The number of hydrogen-bond acceptors (Lipinski definition) is 6. The minimum absolute atomic E-state index is 0.0597. The summed E-state index contributed by atoms with van der Waals surface area (Å²) >= 11 is 0. The summed E-state index contributed by atoms with van der Waals surface area (Å²) in [7, 11) is 0. The van der Waals surface area contributed by atoms with Crippen LogP contribution in [0.2, 0.25) is 0 Å². The van der Waals surface area contributed by atoms with Gasteiger partial charge in [-0.1, -0.05) is 23.9 Å². The quantitative estimate of drug-likeness (QED) is 0.449. The van der Waals surface area contributed by atoms with Crippen LogP contribution in [0.3, 0.4) is 0 Å². The van der Waals surface area contributed by atoms with Crippen LogP contribution in [0.5, 0.6) is 5.75 Å². The van der Waals surface area contributed by atoms with E-state index in [0.29, 0.717) is 12.1 Å². The second-order valence-electron chi connectivity index (χ2n) is 4.78. The first kappa shape index (κ1) is 16.2. The summed E-state index contributed by atoms with van der Waals surface area (Å²) in [5.74, 6) is -1.47. The van der Waals surface area contributed by atoms with Gasteiger partial charge in [-0.3, -0.25) is 15.1 Å². The molecule has 23 heavy (non-hydrogen) atoms. The standard InChI is InChI=1S/C16H14N2O5/c19-15-7-6-14(18(22)23)9-12(15)10-17-13-4-1-11(2-5-13)3-8-16(20)21/h1-2,4-7,9-10,19H,3,8H2,(H,20,21)/p-2. The van der Waals surface area contributed by atoms with Crippen LogP contribution in [-0.4, -0.2) is 17.1 Å². The molecule has 0 aromatic heterocycles. The third kappa shape index (κ3) is 4.63. The predicted octanol–water partition coefficient (Wildman–Crippen LogP) is 1.10. The fourth-order valence-electron chi connectivity index (χ4n) is 1.89. The first-order chi connectivity index (χ1) is 11.0. The fourth-order valence-corrected chi connectivity index (χ4v) is 1.89. The van der Waals surface area contributed by atoms with Crippen LogP contribution in [0, 0.1) is 10.1 Å². The Kier molecular flexibility index (Phi) is 5.03. The van der Waals surface area contributed by atoms with Gasteiger partial charge >= 0.3 is 0 Å². The molecular weight excluding hydrogens is 300 g/mol. The third-order valence-electron chi connectivity index (χ3n) is 3.11. The van der Waals surface area contributed by atoms with Crippen LogP contribution >= 0.6 is 0 Å². The number of carbonyl (C=O) groups excluding carboxylic acids is 1. The number of carbonyl (C=O) groups is 1. The van der Waals surface area contributed by atoms with Crippen LogP contribution in [-0.2, 0) is 11.2 Å². The Morgan fingerprint density at radius 1 is 1.17 bits per heavy atom. The number of nitrogens with zero attached hydrogens (tertiary/aromatic N) is 2. The molecule has 2 aromatic carbocycles. The molecule has 2 rings (SSSR count). The maximum atomic E-state index is 11.6. The molecule has 0 amide bonds. The summed E-state index contributed by atoms with van der Waals surface area (Å²) in [4.78, 5) is 24.6. The van der Waals surface area contributed by atoms with E-state index in [-0.39, 0.29) is 23.4 Å². The van der Waals surface area contributed by atoms with Gasteiger partial charge in [-0.2, -0.15) is 0 Å². The number of aliphatic carboxylic acids is 1. The van der Waals surface area contributed by atoms with E-state index in [4.69, 9.17) is 0 Å². The van der Waals surface area contributed by atoms with Gasteiger partial charge in [0, 0.05) is 24.3 Å². The van der Waals surface area contributed by atoms with Crippen LogP contribution in [0.25, 0.3) is 0 Å². The number of aryl methyl sites for hydroxylation is 1. The summed E-state index contributed by atoms with van der Waals surface area (Å²) in [6.07, 6.45) is 1.57. The van der Waals surface area contributed by atoms with E-state index in [9.17, 15) is 25.1 Å². The van der Waals surface area contributed by atoms with Crippen molar-refractivity contribution in [2.45, 2.75) is 12.8 Å². The molecule has 0 N–H and O–H groups in total. The average molecular weight is 312 g/mol. The molecule has 0 aliphatic carbocycles. The van der Waals surface area contributed by atoms with Crippen molar-refractivity contribution in [2.24, 2.45) is 4.99 Å². The molecule has 0 unspecified atom stereocenters. The smallest absolute Gasteiger partial charge is 0.270 e. The van der Waals surface area contributed by atoms with Gasteiger partial charge in [-0.25, -0.2) is 0 Å². The molecule has 0 atom stereocenters. The highest BCUT2D eigenvalue weighted by molar-refractivity contribution is 5.86. The van der Waals surface area contributed by atoms with Crippen molar-refractivity contribution in [2.75, 3.05) is 0 Å². The van der Waals surface area contributed by atoms with E-state index in [1.807, 2.05) is 0 Å². The van der Waals surface area contributed by atoms with Crippen molar-refractivity contribution < 1.29 is 19.9 Å².